The number of thioether (sulfide) groups is 1. The normalized spacial score (nSPS) is 11.8. The zero-order valence-electron chi connectivity index (χ0n) is 15.6. The summed E-state index contributed by atoms with van der Waals surface area (Å²) in [6.45, 7) is 4.18. The predicted octanol–water partition coefficient (Wildman–Crippen LogP) is 3.99. The summed E-state index contributed by atoms with van der Waals surface area (Å²) in [5.74, 6) is -0.0909. The fraction of sp³-hybridized carbons (Fsp3) is 0.190. The van der Waals surface area contributed by atoms with Crippen LogP contribution in [-0.2, 0) is 11.3 Å². The van der Waals surface area contributed by atoms with Gasteiger partial charge in [-0.05, 0) is 43.2 Å². The highest BCUT2D eigenvalue weighted by atomic mass is 35.5. The lowest BCUT2D eigenvalue weighted by Crippen LogP contribution is -2.30. The number of hydrogen-bond donors (Lipinski definition) is 1. The first kappa shape index (κ1) is 20.2. The second-order valence-electron chi connectivity index (χ2n) is 6.32. The molecule has 0 spiro atoms. The van der Waals surface area contributed by atoms with Gasteiger partial charge in [-0.3, -0.25) is 9.59 Å². The summed E-state index contributed by atoms with van der Waals surface area (Å²) in [6.07, 6.45) is 0. The third kappa shape index (κ3) is 5.03. The van der Waals surface area contributed by atoms with Gasteiger partial charge in [0.05, 0.1) is 10.9 Å². The van der Waals surface area contributed by atoms with Crippen molar-refractivity contribution >= 4 is 29.3 Å². The molecule has 0 aliphatic rings. The van der Waals surface area contributed by atoms with Gasteiger partial charge >= 0.3 is 0 Å². The average molecular weight is 414 g/mol. The molecule has 0 radical (unpaired) electrons. The summed E-state index contributed by atoms with van der Waals surface area (Å²) in [5.41, 5.74) is 2.29. The van der Waals surface area contributed by atoms with E-state index in [0.29, 0.717) is 22.3 Å². The molecule has 144 valence electrons. The van der Waals surface area contributed by atoms with Gasteiger partial charge in [0.15, 0.2) is 0 Å². The van der Waals surface area contributed by atoms with Crippen molar-refractivity contribution in [2.45, 2.75) is 30.7 Å². The SMILES string of the molecule is Cc1ccc(-n2nc(SC(C)C(=O)NCc3ccccc3)ccc2=O)cc1Cl. The molecule has 5 nitrogen and oxygen atoms in total. The van der Waals surface area contributed by atoms with Crippen molar-refractivity contribution in [1.82, 2.24) is 15.1 Å². The monoisotopic (exact) mass is 413 g/mol. The van der Waals surface area contributed by atoms with Gasteiger partial charge in [-0.25, -0.2) is 0 Å². The number of amides is 1. The van der Waals surface area contributed by atoms with Crippen LogP contribution in [0.5, 0.6) is 0 Å². The molecule has 0 saturated carbocycles. The molecule has 0 aliphatic heterocycles. The number of aryl methyl sites for hydroxylation is 1. The van der Waals surface area contributed by atoms with Gasteiger partial charge in [-0.1, -0.05) is 59.8 Å². The maximum absolute atomic E-state index is 12.4. The molecule has 1 heterocycles. The molecule has 1 unspecified atom stereocenters. The minimum atomic E-state index is -0.358. The van der Waals surface area contributed by atoms with E-state index in [0.717, 1.165) is 11.1 Å². The van der Waals surface area contributed by atoms with Crippen LogP contribution in [0.25, 0.3) is 5.69 Å². The number of nitrogens with one attached hydrogen (secondary N) is 1. The lowest BCUT2D eigenvalue weighted by molar-refractivity contribution is -0.120. The van der Waals surface area contributed by atoms with E-state index in [9.17, 15) is 9.59 Å². The van der Waals surface area contributed by atoms with Crippen LogP contribution in [0.2, 0.25) is 5.02 Å². The molecule has 3 aromatic rings. The lowest BCUT2D eigenvalue weighted by Gasteiger charge is -2.13. The van der Waals surface area contributed by atoms with Gasteiger partial charge in [0.25, 0.3) is 5.56 Å². The van der Waals surface area contributed by atoms with Crippen molar-refractivity contribution in [2.24, 2.45) is 0 Å². The van der Waals surface area contributed by atoms with Crippen molar-refractivity contribution in [1.29, 1.82) is 0 Å². The molecular weight excluding hydrogens is 394 g/mol. The molecule has 1 atom stereocenters. The molecule has 7 heteroatoms. The Morgan fingerprint density at radius 3 is 2.64 bits per heavy atom. The minimum Gasteiger partial charge on any atom is -0.351 e. The van der Waals surface area contributed by atoms with E-state index < -0.39 is 0 Å². The molecule has 2 aromatic carbocycles. The Morgan fingerprint density at radius 2 is 1.93 bits per heavy atom. The molecule has 1 aromatic heterocycles. The van der Waals surface area contributed by atoms with E-state index in [1.165, 1.54) is 22.5 Å². The number of nitrogens with zero attached hydrogens (tertiary/aromatic N) is 2. The molecule has 0 aliphatic carbocycles. The number of benzene rings is 2. The Balaban J connectivity index is 1.70. The third-order valence-electron chi connectivity index (χ3n) is 4.15. The van der Waals surface area contributed by atoms with Crippen LogP contribution in [0.1, 0.15) is 18.1 Å². The van der Waals surface area contributed by atoms with E-state index in [1.54, 1.807) is 18.2 Å². The molecule has 0 saturated heterocycles. The Kier molecular flexibility index (Phi) is 6.54. The van der Waals surface area contributed by atoms with E-state index in [2.05, 4.69) is 10.4 Å². The van der Waals surface area contributed by atoms with Gasteiger partial charge in [0.2, 0.25) is 5.91 Å². The van der Waals surface area contributed by atoms with Gasteiger partial charge in [0.1, 0.15) is 5.03 Å². The van der Waals surface area contributed by atoms with E-state index >= 15 is 0 Å². The highest BCUT2D eigenvalue weighted by Crippen LogP contribution is 2.22. The Bertz CT molecular complexity index is 1040. The summed E-state index contributed by atoms with van der Waals surface area (Å²) < 4.78 is 1.29. The maximum atomic E-state index is 12.4. The number of rotatable bonds is 6. The molecule has 1 N–H and O–H groups in total. The van der Waals surface area contributed by atoms with Gasteiger partial charge in [-0.15, -0.1) is 0 Å². The van der Waals surface area contributed by atoms with Crippen LogP contribution in [0.15, 0.2) is 70.5 Å². The summed E-state index contributed by atoms with van der Waals surface area (Å²) in [5, 5.41) is 8.09. The third-order valence-corrected chi connectivity index (χ3v) is 5.59. The largest absolute Gasteiger partial charge is 0.351 e. The number of aromatic nitrogens is 2. The van der Waals surface area contributed by atoms with Crippen molar-refractivity contribution in [3.63, 3.8) is 0 Å². The van der Waals surface area contributed by atoms with Gasteiger partial charge in [-0.2, -0.15) is 9.78 Å². The van der Waals surface area contributed by atoms with E-state index in [-0.39, 0.29) is 16.7 Å². The molecule has 1 amide bonds. The molecule has 0 fully saturated rings. The second-order valence-corrected chi connectivity index (χ2v) is 8.09. The first-order valence-corrected chi connectivity index (χ1v) is 10.0. The minimum absolute atomic E-state index is 0.0909. The number of carbonyl (C=O) groups is 1. The number of halogens is 1. The quantitative estimate of drug-likeness (QED) is 0.620. The number of hydrogen-bond acceptors (Lipinski definition) is 4. The predicted molar refractivity (Wildman–Crippen MR) is 113 cm³/mol. The first-order valence-electron chi connectivity index (χ1n) is 8.79. The van der Waals surface area contributed by atoms with Crippen molar-refractivity contribution in [2.75, 3.05) is 0 Å². The standard InChI is InChI=1S/C21H20ClN3O2S/c1-14-8-9-17(12-18(14)22)25-20(26)11-10-19(24-25)28-15(2)21(27)23-13-16-6-4-3-5-7-16/h3-12,15H,13H2,1-2H3,(H,23,27). The Labute approximate surface area is 172 Å². The topological polar surface area (TPSA) is 64.0 Å². The van der Waals surface area contributed by atoms with Crippen LogP contribution in [-0.4, -0.2) is 20.9 Å². The summed E-state index contributed by atoms with van der Waals surface area (Å²) in [6, 6.07) is 18.1. The fourth-order valence-electron chi connectivity index (χ4n) is 2.52. The molecular formula is C21H20ClN3O2S. The van der Waals surface area contributed by atoms with E-state index in [1.807, 2.05) is 50.2 Å². The second kappa shape index (κ2) is 9.08. The zero-order valence-corrected chi connectivity index (χ0v) is 17.1. The smallest absolute Gasteiger partial charge is 0.271 e. The average Bonchev–Trinajstić information content (AvgIpc) is 2.70. The van der Waals surface area contributed by atoms with Gasteiger partial charge < -0.3 is 5.32 Å². The summed E-state index contributed by atoms with van der Waals surface area (Å²) >= 11 is 7.46. The maximum Gasteiger partial charge on any atom is 0.271 e. The Morgan fingerprint density at radius 1 is 1.18 bits per heavy atom. The van der Waals surface area contributed by atoms with Crippen molar-refractivity contribution in [3.8, 4) is 5.69 Å². The van der Waals surface area contributed by atoms with Crippen molar-refractivity contribution in [3.05, 3.63) is 87.2 Å². The highest BCUT2D eigenvalue weighted by Gasteiger charge is 2.16. The zero-order chi connectivity index (χ0) is 20.1. The summed E-state index contributed by atoms with van der Waals surface area (Å²) in [7, 11) is 0. The molecule has 3 rings (SSSR count). The Hall–Kier alpha value is -2.57. The van der Waals surface area contributed by atoms with Crippen molar-refractivity contribution < 1.29 is 4.79 Å². The molecule has 28 heavy (non-hydrogen) atoms. The molecule has 0 bridgehead atoms. The highest BCUT2D eigenvalue weighted by molar-refractivity contribution is 8.00. The number of carbonyl (C=O) groups excluding carboxylic acids is 1. The van der Waals surface area contributed by atoms with E-state index in [4.69, 9.17) is 11.6 Å². The van der Waals surface area contributed by atoms with Crippen LogP contribution in [0.3, 0.4) is 0 Å². The lowest BCUT2D eigenvalue weighted by atomic mass is 10.2. The van der Waals surface area contributed by atoms with Crippen LogP contribution < -0.4 is 10.9 Å². The first-order chi connectivity index (χ1) is 13.4. The van der Waals surface area contributed by atoms with Crippen LogP contribution >= 0.6 is 23.4 Å². The van der Waals surface area contributed by atoms with Gasteiger partial charge in [0, 0.05) is 17.6 Å². The fourth-order valence-corrected chi connectivity index (χ4v) is 3.52. The summed E-state index contributed by atoms with van der Waals surface area (Å²) in [4.78, 5) is 24.6. The van der Waals surface area contributed by atoms with Crippen LogP contribution in [0, 0.1) is 6.92 Å². The van der Waals surface area contributed by atoms with Crippen LogP contribution in [0.4, 0.5) is 0 Å².